The molecule has 0 aliphatic rings. The monoisotopic (exact) mass is 112 g/mol. The van der Waals surface area contributed by atoms with E-state index in [1.165, 1.54) is 12.5 Å². The highest BCUT2D eigenvalue weighted by atomic mass is 28.2. The number of hydrogen-bond acceptors (Lipinski definition) is 0. The quantitative estimate of drug-likeness (QED) is 0.471. The van der Waals surface area contributed by atoms with Crippen molar-refractivity contribution in [3.8, 4) is 0 Å². The van der Waals surface area contributed by atoms with Crippen molar-refractivity contribution in [1.29, 1.82) is 0 Å². The third-order valence-electron chi connectivity index (χ3n) is 0.986. The van der Waals surface area contributed by atoms with Crippen molar-refractivity contribution in [1.82, 2.24) is 0 Å². The molecular formula is C5H13BSi. The molecule has 2 radical (unpaired) electrons. The van der Waals surface area contributed by atoms with Crippen molar-refractivity contribution in [3.05, 3.63) is 0 Å². The topological polar surface area (TPSA) is 0 Å². The summed E-state index contributed by atoms with van der Waals surface area (Å²) in [6.07, 6.45) is 1.34. The molecule has 0 aromatic carbocycles. The summed E-state index contributed by atoms with van der Waals surface area (Å²) in [5.74, 6) is 0.857. The van der Waals surface area contributed by atoms with E-state index in [9.17, 15) is 0 Å². The maximum atomic E-state index is 5.42. The summed E-state index contributed by atoms with van der Waals surface area (Å²) >= 11 is 0. The van der Waals surface area contributed by atoms with Crippen LogP contribution in [-0.2, 0) is 0 Å². The summed E-state index contributed by atoms with van der Waals surface area (Å²) in [5.41, 5.74) is 0. The van der Waals surface area contributed by atoms with Crippen LogP contribution >= 0.6 is 0 Å². The summed E-state index contributed by atoms with van der Waals surface area (Å²) < 4.78 is 0. The van der Waals surface area contributed by atoms with Crippen molar-refractivity contribution in [2.45, 2.75) is 26.3 Å². The highest BCUT2D eigenvalue weighted by Crippen LogP contribution is 2.01. The fraction of sp³-hybridized carbons (Fsp3) is 1.00. The molecule has 0 nitrogen and oxygen atoms in total. The van der Waals surface area contributed by atoms with Crippen molar-refractivity contribution in [3.63, 3.8) is 0 Å². The Morgan fingerprint density at radius 3 is 2.29 bits per heavy atom. The van der Waals surface area contributed by atoms with Crippen LogP contribution in [0.1, 0.15) is 20.3 Å². The van der Waals surface area contributed by atoms with Crippen LogP contribution in [0.3, 0.4) is 0 Å². The highest BCUT2D eigenvalue weighted by Gasteiger charge is 1.88. The molecular weight excluding hydrogens is 99.0 g/mol. The van der Waals surface area contributed by atoms with Gasteiger partial charge in [0.1, 0.15) is 0 Å². The van der Waals surface area contributed by atoms with Gasteiger partial charge < -0.3 is 0 Å². The van der Waals surface area contributed by atoms with Crippen LogP contribution in [0, 0.1) is 5.92 Å². The molecule has 0 heterocycles. The van der Waals surface area contributed by atoms with Gasteiger partial charge in [0.2, 0.25) is 0 Å². The molecule has 0 aromatic rings. The predicted octanol–water partition coefficient (Wildman–Crippen LogP) is 0.703. The summed E-state index contributed by atoms with van der Waals surface area (Å²) in [6, 6.07) is 1.32. The number of rotatable bonds is 3. The molecule has 0 saturated heterocycles. The van der Waals surface area contributed by atoms with E-state index in [-0.39, 0.29) is 9.39 Å². The van der Waals surface area contributed by atoms with Crippen LogP contribution in [0.25, 0.3) is 0 Å². The van der Waals surface area contributed by atoms with Gasteiger partial charge in [-0.25, -0.2) is 0 Å². The zero-order chi connectivity index (χ0) is 5.70. The first-order chi connectivity index (χ1) is 3.27. The van der Waals surface area contributed by atoms with Gasteiger partial charge in [-0.1, -0.05) is 26.3 Å². The molecule has 0 aliphatic carbocycles. The molecule has 0 amide bonds. The van der Waals surface area contributed by atoms with E-state index >= 15 is 0 Å². The van der Waals surface area contributed by atoms with Crippen LogP contribution in [0.2, 0.25) is 6.04 Å². The first-order valence-electron chi connectivity index (χ1n) is 2.97. The van der Waals surface area contributed by atoms with Crippen molar-refractivity contribution in [2.24, 2.45) is 5.92 Å². The maximum absolute atomic E-state index is 5.42. The van der Waals surface area contributed by atoms with Gasteiger partial charge >= 0.3 is 0 Å². The Kier molecular flexibility index (Phi) is 4.62. The Morgan fingerprint density at radius 1 is 1.57 bits per heavy atom. The lowest BCUT2D eigenvalue weighted by Gasteiger charge is -1.98. The summed E-state index contributed by atoms with van der Waals surface area (Å²) in [4.78, 5) is 0. The normalized spacial score (nSPS) is 11.9. The maximum Gasteiger partial charge on any atom is 0.0479 e. The third-order valence-corrected chi connectivity index (χ3v) is 1.80. The zero-order valence-corrected chi connectivity index (χ0v) is 6.69. The lowest BCUT2D eigenvalue weighted by atomic mass is 10.2. The molecule has 0 N–H and O–H groups in total. The number of hydrogen-bond donors (Lipinski definition) is 0. The minimum Gasteiger partial charge on any atom is -0.0700 e. The van der Waals surface area contributed by atoms with E-state index in [2.05, 4.69) is 13.8 Å². The van der Waals surface area contributed by atoms with Crippen molar-refractivity contribution < 1.29 is 0 Å². The molecule has 0 rings (SSSR count). The molecule has 0 spiro atoms. The Morgan fingerprint density at radius 2 is 2.14 bits per heavy atom. The second-order valence-electron chi connectivity index (χ2n) is 2.32. The lowest BCUT2D eigenvalue weighted by Crippen LogP contribution is -1.91. The first-order valence-corrected chi connectivity index (χ1v) is 4.79. The van der Waals surface area contributed by atoms with Crippen LogP contribution in [0.15, 0.2) is 0 Å². The first kappa shape index (κ1) is 7.28. The van der Waals surface area contributed by atoms with Gasteiger partial charge in [0.05, 0.1) is 0 Å². The summed E-state index contributed by atoms with van der Waals surface area (Å²) in [7, 11) is 5.29. The molecule has 40 valence electrons. The molecule has 0 saturated carbocycles. The van der Waals surface area contributed by atoms with Crippen LogP contribution in [-0.4, -0.2) is 16.8 Å². The van der Waals surface area contributed by atoms with Gasteiger partial charge in [-0.15, -0.1) is 0 Å². The molecule has 0 aromatic heterocycles. The molecule has 2 heteroatoms. The average molecular weight is 112 g/mol. The minimum atomic E-state index is -0.129. The van der Waals surface area contributed by atoms with E-state index in [4.69, 9.17) is 7.44 Å². The minimum absolute atomic E-state index is 0.129. The van der Waals surface area contributed by atoms with E-state index < -0.39 is 0 Å². The van der Waals surface area contributed by atoms with Crippen molar-refractivity contribution in [2.75, 3.05) is 0 Å². The van der Waals surface area contributed by atoms with Gasteiger partial charge in [-0.3, -0.25) is 0 Å². The highest BCUT2D eigenvalue weighted by molar-refractivity contribution is 6.89. The van der Waals surface area contributed by atoms with Gasteiger partial charge in [0.25, 0.3) is 0 Å². The Hall–Kier alpha value is 0.282. The van der Waals surface area contributed by atoms with E-state index in [1.807, 2.05) is 0 Å². The van der Waals surface area contributed by atoms with Crippen LogP contribution < -0.4 is 0 Å². The van der Waals surface area contributed by atoms with Gasteiger partial charge in [0, 0.05) is 7.44 Å². The Balaban J connectivity index is 2.68. The Bertz CT molecular complexity index is 37.1. The Labute approximate surface area is 49.9 Å². The SMILES string of the molecule is [B][SiH2]CCC(C)C. The standard InChI is InChI=1S/C5H13BSi/c1-5(2)3-4-7-6/h5H,3-4,7H2,1-2H3. The summed E-state index contributed by atoms with van der Waals surface area (Å²) in [6.45, 7) is 4.48. The molecule has 7 heavy (non-hydrogen) atoms. The van der Waals surface area contributed by atoms with Crippen LogP contribution in [0.4, 0.5) is 0 Å². The van der Waals surface area contributed by atoms with Gasteiger partial charge in [0.15, 0.2) is 0 Å². The molecule has 0 fully saturated rings. The predicted molar refractivity (Wildman–Crippen MR) is 38.6 cm³/mol. The van der Waals surface area contributed by atoms with E-state index in [0.29, 0.717) is 0 Å². The molecule has 0 aliphatic heterocycles. The molecule has 0 atom stereocenters. The molecule has 0 bridgehead atoms. The van der Waals surface area contributed by atoms with E-state index in [0.717, 1.165) is 5.92 Å². The fourth-order valence-electron chi connectivity index (χ4n) is 0.526. The smallest absolute Gasteiger partial charge is 0.0479 e. The second kappa shape index (κ2) is 4.44. The zero-order valence-electron chi connectivity index (χ0n) is 5.28. The van der Waals surface area contributed by atoms with Crippen molar-refractivity contribution >= 4 is 16.8 Å². The van der Waals surface area contributed by atoms with Gasteiger partial charge in [-0.2, -0.15) is 0 Å². The van der Waals surface area contributed by atoms with Gasteiger partial charge in [-0.05, 0) is 15.3 Å². The fourth-order valence-corrected chi connectivity index (χ4v) is 1.58. The van der Waals surface area contributed by atoms with E-state index in [1.54, 1.807) is 0 Å². The molecule has 0 unspecified atom stereocenters. The summed E-state index contributed by atoms with van der Waals surface area (Å²) in [5, 5.41) is 0. The second-order valence-corrected chi connectivity index (χ2v) is 3.61. The lowest BCUT2D eigenvalue weighted by molar-refractivity contribution is 0.625. The largest absolute Gasteiger partial charge is 0.0700 e. The third kappa shape index (κ3) is 6.28. The van der Waals surface area contributed by atoms with Crippen LogP contribution in [0.5, 0.6) is 0 Å². The average Bonchev–Trinajstić information content (AvgIpc) is 1.61.